The minimum absolute atomic E-state index is 0.0517. The second-order valence-electron chi connectivity index (χ2n) is 4.71. The maximum absolute atomic E-state index is 13.2. The monoisotopic (exact) mass is 282 g/mol. The highest BCUT2D eigenvalue weighted by molar-refractivity contribution is 7.99. The van der Waals surface area contributed by atoms with Crippen LogP contribution in [0.2, 0.25) is 0 Å². The van der Waals surface area contributed by atoms with Gasteiger partial charge in [-0.25, -0.2) is 9.37 Å². The van der Waals surface area contributed by atoms with Crippen LogP contribution in [0.1, 0.15) is 13.8 Å². The van der Waals surface area contributed by atoms with E-state index in [-0.39, 0.29) is 11.6 Å². The van der Waals surface area contributed by atoms with Gasteiger partial charge in [0.25, 0.3) is 0 Å². The Kier molecular flexibility index (Phi) is 4.09. The van der Waals surface area contributed by atoms with Crippen LogP contribution in [-0.4, -0.2) is 26.4 Å². The SMILES string of the molecule is CC(C)Cn1c(SCC(=O)O)nc2cc(F)ccc21. The van der Waals surface area contributed by atoms with E-state index in [1.54, 1.807) is 6.07 Å². The second kappa shape index (κ2) is 5.61. The van der Waals surface area contributed by atoms with Gasteiger partial charge in [0.2, 0.25) is 0 Å². The first-order valence-corrected chi connectivity index (χ1v) is 6.96. The van der Waals surface area contributed by atoms with Crippen molar-refractivity contribution in [2.24, 2.45) is 5.92 Å². The molecular formula is C13H15FN2O2S. The smallest absolute Gasteiger partial charge is 0.313 e. The number of carboxylic acid groups (broad SMARTS) is 1. The van der Waals surface area contributed by atoms with E-state index in [0.29, 0.717) is 16.6 Å². The summed E-state index contributed by atoms with van der Waals surface area (Å²) in [6.07, 6.45) is 0. The molecule has 1 N–H and O–H groups in total. The van der Waals surface area contributed by atoms with E-state index in [9.17, 15) is 9.18 Å². The maximum atomic E-state index is 13.2. The van der Waals surface area contributed by atoms with E-state index in [0.717, 1.165) is 23.8 Å². The lowest BCUT2D eigenvalue weighted by atomic mass is 10.2. The fourth-order valence-corrected chi connectivity index (χ4v) is 2.60. The fraction of sp³-hybridized carbons (Fsp3) is 0.385. The molecule has 1 aromatic heterocycles. The number of halogens is 1. The third kappa shape index (κ3) is 3.26. The Morgan fingerprint density at radius 2 is 2.26 bits per heavy atom. The number of carbonyl (C=O) groups is 1. The van der Waals surface area contributed by atoms with Crippen molar-refractivity contribution in [3.05, 3.63) is 24.0 Å². The Morgan fingerprint density at radius 1 is 1.53 bits per heavy atom. The van der Waals surface area contributed by atoms with Gasteiger partial charge in [-0.15, -0.1) is 0 Å². The van der Waals surface area contributed by atoms with Crippen LogP contribution >= 0.6 is 11.8 Å². The highest BCUT2D eigenvalue weighted by Crippen LogP contribution is 2.25. The summed E-state index contributed by atoms with van der Waals surface area (Å²) < 4.78 is 15.2. The van der Waals surface area contributed by atoms with Crippen LogP contribution in [0.25, 0.3) is 11.0 Å². The van der Waals surface area contributed by atoms with E-state index < -0.39 is 5.97 Å². The van der Waals surface area contributed by atoms with E-state index in [2.05, 4.69) is 18.8 Å². The lowest BCUT2D eigenvalue weighted by Gasteiger charge is -2.10. The van der Waals surface area contributed by atoms with E-state index in [4.69, 9.17) is 5.11 Å². The number of rotatable bonds is 5. The predicted octanol–water partition coefficient (Wildman–Crippen LogP) is 3.01. The minimum Gasteiger partial charge on any atom is -0.481 e. The minimum atomic E-state index is -0.890. The third-order valence-electron chi connectivity index (χ3n) is 2.55. The number of fused-ring (bicyclic) bond motifs is 1. The number of carboxylic acids is 1. The molecule has 19 heavy (non-hydrogen) atoms. The highest BCUT2D eigenvalue weighted by Gasteiger charge is 2.14. The van der Waals surface area contributed by atoms with Crippen molar-refractivity contribution in [1.82, 2.24) is 9.55 Å². The van der Waals surface area contributed by atoms with Gasteiger partial charge in [0.05, 0.1) is 16.8 Å². The summed E-state index contributed by atoms with van der Waals surface area (Å²) in [4.78, 5) is 15.0. The molecule has 6 heteroatoms. The molecule has 2 rings (SSSR count). The van der Waals surface area contributed by atoms with Gasteiger partial charge in [0.1, 0.15) is 5.82 Å². The number of imidazole rings is 1. The topological polar surface area (TPSA) is 55.1 Å². The van der Waals surface area contributed by atoms with Crippen LogP contribution in [-0.2, 0) is 11.3 Å². The van der Waals surface area contributed by atoms with E-state index >= 15 is 0 Å². The van der Waals surface area contributed by atoms with Crippen molar-refractivity contribution in [1.29, 1.82) is 0 Å². The van der Waals surface area contributed by atoms with Gasteiger partial charge in [-0.1, -0.05) is 25.6 Å². The van der Waals surface area contributed by atoms with Gasteiger partial charge in [0.15, 0.2) is 5.16 Å². The molecular weight excluding hydrogens is 267 g/mol. The number of hydrogen-bond donors (Lipinski definition) is 1. The number of nitrogens with zero attached hydrogens (tertiary/aromatic N) is 2. The van der Waals surface area contributed by atoms with Gasteiger partial charge in [-0.2, -0.15) is 0 Å². The molecule has 0 atom stereocenters. The van der Waals surface area contributed by atoms with Crippen LogP contribution in [0.5, 0.6) is 0 Å². The third-order valence-corrected chi connectivity index (χ3v) is 3.51. The summed E-state index contributed by atoms with van der Waals surface area (Å²) >= 11 is 1.16. The zero-order valence-corrected chi connectivity index (χ0v) is 11.6. The lowest BCUT2D eigenvalue weighted by Crippen LogP contribution is -2.07. The molecule has 102 valence electrons. The van der Waals surface area contributed by atoms with Crippen LogP contribution in [0.3, 0.4) is 0 Å². The van der Waals surface area contributed by atoms with Crippen molar-refractivity contribution in [2.45, 2.75) is 25.5 Å². The molecule has 1 heterocycles. The van der Waals surface area contributed by atoms with Gasteiger partial charge >= 0.3 is 5.97 Å². The predicted molar refractivity (Wildman–Crippen MR) is 72.9 cm³/mol. The fourth-order valence-electron chi connectivity index (χ4n) is 1.86. The Morgan fingerprint density at radius 3 is 2.89 bits per heavy atom. The molecule has 0 unspecified atom stereocenters. The summed E-state index contributed by atoms with van der Waals surface area (Å²) in [6, 6.07) is 4.45. The van der Waals surface area contributed by atoms with Crippen molar-refractivity contribution < 1.29 is 14.3 Å². The molecule has 0 spiro atoms. The Balaban J connectivity index is 2.44. The molecule has 4 nitrogen and oxygen atoms in total. The normalized spacial score (nSPS) is 11.4. The van der Waals surface area contributed by atoms with Gasteiger partial charge < -0.3 is 9.67 Å². The van der Waals surface area contributed by atoms with Crippen molar-refractivity contribution in [3.8, 4) is 0 Å². The first-order chi connectivity index (χ1) is 8.97. The second-order valence-corrected chi connectivity index (χ2v) is 5.66. The standard InChI is InChI=1S/C13H15FN2O2S/c1-8(2)6-16-11-4-3-9(14)5-10(11)15-13(16)19-7-12(17)18/h3-5,8H,6-7H2,1-2H3,(H,17,18). The highest BCUT2D eigenvalue weighted by atomic mass is 32.2. The molecule has 0 saturated heterocycles. The molecule has 0 aliphatic heterocycles. The molecule has 0 amide bonds. The molecule has 0 bridgehead atoms. The Bertz CT molecular complexity index is 610. The number of aliphatic carboxylic acids is 1. The summed E-state index contributed by atoms with van der Waals surface area (Å²) in [5.41, 5.74) is 1.40. The summed E-state index contributed by atoms with van der Waals surface area (Å²) in [5.74, 6) is -0.883. The maximum Gasteiger partial charge on any atom is 0.313 e. The molecule has 0 saturated carbocycles. The lowest BCUT2D eigenvalue weighted by molar-refractivity contribution is -0.133. The Hall–Kier alpha value is -1.56. The summed E-state index contributed by atoms with van der Waals surface area (Å²) in [6.45, 7) is 4.87. The number of thioether (sulfide) groups is 1. The van der Waals surface area contributed by atoms with Gasteiger partial charge in [-0.05, 0) is 18.1 Å². The zero-order chi connectivity index (χ0) is 14.0. The quantitative estimate of drug-likeness (QED) is 0.856. The van der Waals surface area contributed by atoms with Crippen LogP contribution in [0.15, 0.2) is 23.4 Å². The van der Waals surface area contributed by atoms with Crippen molar-refractivity contribution in [2.75, 3.05) is 5.75 Å². The molecule has 1 aromatic carbocycles. The molecule has 0 aliphatic rings. The summed E-state index contributed by atoms with van der Waals surface area (Å²) in [7, 11) is 0. The first kappa shape index (κ1) is 13.9. The number of benzene rings is 1. The average Bonchev–Trinajstić information content (AvgIpc) is 2.63. The molecule has 2 aromatic rings. The zero-order valence-electron chi connectivity index (χ0n) is 10.8. The van der Waals surface area contributed by atoms with Crippen molar-refractivity contribution in [3.63, 3.8) is 0 Å². The van der Waals surface area contributed by atoms with Crippen LogP contribution in [0, 0.1) is 11.7 Å². The Labute approximate surface area is 114 Å². The van der Waals surface area contributed by atoms with E-state index in [1.807, 2.05) is 4.57 Å². The number of hydrogen-bond acceptors (Lipinski definition) is 3. The first-order valence-electron chi connectivity index (χ1n) is 5.97. The van der Waals surface area contributed by atoms with Gasteiger partial charge in [0, 0.05) is 12.6 Å². The number of aromatic nitrogens is 2. The summed E-state index contributed by atoms with van der Waals surface area (Å²) in [5, 5.41) is 9.37. The van der Waals surface area contributed by atoms with Gasteiger partial charge in [-0.3, -0.25) is 4.79 Å². The molecule has 0 radical (unpaired) electrons. The van der Waals surface area contributed by atoms with Crippen LogP contribution in [0.4, 0.5) is 4.39 Å². The molecule has 0 aliphatic carbocycles. The average molecular weight is 282 g/mol. The van der Waals surface area contributed by atoms with Crippen LogP contribution < -0.4 is 0 Å². The van der Waals surface area contributed by atoms with Crippen molar-refractivity contribution >= 4 is 28.8 Å². The van der Waals surface area contributed by atoms with E-state index in [1.165, 1.54) is 12.1 Å². The largest absolute Gasteiger partial charge is 0.481 e. The molecule has 0 fully saturated rings.